The van der Waals surface area contributed by atoms with Crippen molar-refractivity contribution in [3.05, 3.63) is 68.4 Å². The first-order chi connectivity index (χ1) is 8.50. The third kappa shape index (κ3) is 2.47. The van der Waals surface area contributed by atoms with Crippen molar-refractivity contribution in [3.63, 3.8) is 0 Å². The lowest BCUT2D eigenvalue weighted by molar-refractivity contribution is 0.103. The fourth-order valence-electron chi connectivity index (χ4n) is 1.56. The van der Waals surface area contributed by atoms with Gasteiger partial charge in [0.05, 0.1) is 10.6 Å². The molecule has 2 rings (SSSR count). The van der Waals surface area contributed by atoms with Crippen LogP contribution in [0.5, 0.6) is 0 Å². The molecule has 0 saturated carbocycles. The summed E-state index contributed by atoms with van der Waals surface area (Å²) in [7, 11) is 0. The SMILES string of the molecule is Cc1ccc(C(=O)c2ccc(Br)c(Cl)c2F)cc1. The molecule has 0 aromatic heterocycles. The molecule has 0 N–H and O–H groups in total. The summed E-state index contributed by atoms with van der Waals surface area (Å²) < 4.78 is 14.3. The molecule has 92 valence electrons. The van der Waals surface area contributed by atoms with Crippen LogP contribution in [0.2, 0.25) is 5.02 Å². The number of halogens is 3. The van der Waals surface area contributed by atoms with Crippen molar-refractivity contribution in [2.24, 2.45) is 0 Å². The number of carbonyl (C=O) groups excluding carboxylic acids is 1. The standard InChI is InChI=1S/C14H9BrClFO/c1-8-2-4-9(5-3-8)14(18)10-6-7-11(15)12(16)13(10)17/h2-7H,1H3. The highest BCUT2D eigenvalue weighted by atomic mass is 79.9. The molecule has 0 atom stereocenters. The van der Waals surface area contributed by atoms with Crippen LogP contribution in [-0.4, -0.2) is 5.78 Å². The van der Waals surface area contributed by atoms with Crippen LogP contribution in [0.25, 0.3) is 0 Å². The number of aryl methyl sites for hydroxylation is 1. The summed E-state index contributed by atoms with van der Waals surface area (Å²) in [4.78, 5) is 12.1. The van der Waals surface area contributed by atoms with Gasteiger partial charge in [-0.3, -0.25) is 4.79 Å². The molecular weight excluding hydrogens is 319 g/mol. The largest absolute Gasteiger partial charge is 0.288 e. The van der Waals surface area contributed by atoms with Crippen molar-refractivity contribution in [1.82, 2.24) is 0 Å². The van der Waals surface area contributed by atoms with Gasteiger partial charge < -0.3 is 0 Å². The van der Waals surface area contributed by atoms with Crippen molar-refractivity contribution in [2.75, 3.05) is 0 Å². The zero-order chi connectivity index (χ0) is 13.3. The fraction of sp³-hybridized carbons (Fsp3) is 0.0714. The Bertz CT molecular complexity index is 608. The Labute approximate surface area is 118 Å². The van der Waals surface area contributed by atoms with Crippen molar-refractivity contribution in [2.45, 2.75) is 6.92 Å². The predicted molar refractivity (Wildman–Crippen MR) is 73.7 cm³/mol. The first-order valence-electron chi connectivity index (χ1n) is 5.25. The summed E-state index contributed by atoms with van der Waals surface area (Å²) in [6.07, 6.45) is 0. The van der Waals surface area contributed by atoms with Gasteiger partial charge in [0, 0.05) is 10.0 Å². The van der Waals surface area contributed by atoms with Crippen LogP contribution in [-0.2, 0) is 0 Å². The highest BCUT2D eigenvalue weighted by Crippen LogP contribution is 2.28. The van der Waals surface area contributed by atoms with E-state index >= 15 is 0 Å². The van der Waals surface area contributed by atoms with Gasteiger partial charge in [-0.15, -0.1) is 0 Å². The van der Waals surface area contributed by atoms with Crippen LogP contribution in [0.3, 0.4) is 0 Å². The van der Waals surface area contributed by atoms with E-state index < -0.39 is 5.82 Å². The molecule has 0 saturated heterocycles. The number of hydrogen-bond donors (Lipinski definition) is 0. The summed E-state index contributed by atoms with van der Waals surface area (Å²) in [6, 6.07) is 9.96. The van der Waals surface area contributed by atoms with E-state index in [-0.39, 0.29) is 16.4 Å². The van der Waals surface area contributed by atoms with Gasteiger partial charge in [-0.25, -0.2) is 4.39 Å². The third-order valence-corrected chi connectivity index (χ3v) is 3.85. The highest BCUT2D eigenvalue weighted by Gasteiger charge is 2.17. The molecule has 2 aromatic rings. The molecule has 0 aliphatic heterocycles. The lowest BCUT2D eigenvalue weighted by Crippen LogP contribution is -2.04. The number of rotatable bonds is 2. The number of benzene rings is 2. The Morgan fingerprint density at radius 1 is 1.17 bits per heavy atom. The first kappa shape index (κ1) is 13.2. The minimum Gasteiger partial charge on any atom is -0.288 e. The maximum atomic E-state index is 13.9. The van der Waals surface area contributed by atoms with Gasteiger partial charge in [-0.05, 0) is 35.0 Å². The second kappa shape index (κ2) is 5.21. The molecule has 2 aromatic carbocycles. The topological polar surface area (TPSA) is 17.1 Å². The smallest absolute Gasteiger partial charge is 0.196 e. The molecule has 0 heterocycles. The molecule has 0 spiro atoms. The van der Waals surface area contributed by atoms with Crippen LogP contribution in [0.15, 0.2) is 40.9 Å². The molecule has 0 bridgehead atoms. The van der Waals surface area contributed by atoms with Gasteiger partial charge in [0.25, 0.3) is 0 Å². The maximum Gasteiger partial charge on any atom is 0.196 e. The van der Waals surface area contributed by atoms with E-state index in [2.05, 4.69) is 15.9 Å². The van der Waals surface area contributed by atoms with Gasteiger partial charge >= 0.3 is 0 Å². The summed E-state index contributed by atoms with van der Waals surface area (Å²) in [6.45, 7) is 1.92. The quantitative estimate of drug-likeness (QED) is 0.573. The Morgan fingerprint density at radius 2 is 1.78 bits per heavy atom. The Morgan fingerprint density at radius 3 is 2.39 bits per heavy atom. The van der Waals surface area contributed by atoms with Crippen LogP contribution in [0.1, 0.15) is 21.5 Å². The molecule has 0 aliphatic rings. The van der Waals surface area contributed by atoms with Crippen molar-refractivity contribution in [3.8, 4) is 0 Å². The fourth-order valence-corrected chi connectivity index (χ4v) is 2.03. The van der Waals surface area contributed by atoms with E-state index in [1.54, 1.807) is 18.2 Å². The Balaban J connectivity index is 2.46. The summed E-state index contributed by atoms with van der Waals surface area (Å²) in [5, 5.41) is -0.0760. The molecule has 0 amide bonds. The zero-order valence-corrected chi connectivity index (χ0v) is 11.8. The summed E-state index contributed by atoms with van der Waals surface area (Å²) >= 11 is 8.88. The van der Waals surface area contributed by atoms with Crippen molar-refractivity contribution in [1.29, 1.82) is 0 Å². The Kier molecular flexibility index (Phi) is 3.83. The summed E-state index contributed by atoms with van der Waals surface area (Å²) in [5.74, 6) is -1.07. The Hall–Kier alpha value is -1.19. The minimum absolute atomic E-state index is 0.0212. The first-order valence-corrected chi connectivity index (χ1v) is 6.42. The predicted octanol–water partition coefficient (Wildman–Crippen LogP) is 4.78. The van der Waals surface area contributed by atoms with Crippen molar-refractivity contribution < 1.29 is 9.18 Å². The van der Waals surface area contributed by atoms with E-state index in [0.29, 0.717) is 10.0 Å². The van der Waals surface area contributed by atoms with E-state index in [9.17, 15) is 9.18 Å². The zero-order valence-electron chi connectivity index (χ0n) is 9.51. The molecule has 18 heavy (non-hydrogen) atoms. The van der Waals surface area contributed by atoms with Gasteiger partial charge in [0.15, 0.2) is 11.6 Å². The summed E-state index contributed by atoms with van der Waals surface area (Å²) in [5.41, 5.74) is 1.46. The number of hydrogen-bond acceptors (Lipinski definition) is 1. The van der Waals surface area contributed by atoms with Crippen LogP contribution in [0.4, 0.5) is 4.39 Å². The molecule has 0 unspecified atom stereocenters. The van der Waals surface area contributed by atoms with E-state index in [0.717, 1.165) is 5.56 Å². The van der Waals surface area contributed by atoms with Gasteiger partial charge in [-0.1, -0.05) is 41.4 Å². The second-order valence-electron chi connectivity index (χ2n) is 3.92. The van der Waals surface area contributed by atoms with Gasteiger partial charge in [-0.2, -0.15) is 0 Å². The monoisotopic (exact) mass is 326 g/mol. The van der Waals surface area contributed by atoms with Crippen LogP contribution >= 0.6 is 27.5 Å². The molecule has 0 fully saturated rings. The number of ketones is 1. The average Bonchev–Trinajstić information content (AvgIpc) is 2.36. The second-order valence-corrected chi connectivity index (χ2v) is 5.15. The normalized spacial score (nSPS) is 10.4. The highest BCUT2D eigenvalue weighted by molar-refractivity contribution is 9.10. The molecular formula is C14H9BrClFO. The molecule has 4 heteroatoms. The van der Waals surface area contributed by atoms with Gasteiger partial charge in [0.2, 0.25) is 0 Å². The molecule has 0 radical (unpaired) electrons. The molecule has 0 aliphatic carbocycles. The van der Waals surface area contributed by atoms with Gasteiger partial charge in [0.1, 0.15) is 0 Å². The average molecular weight is 328 g/mol. The molecule has 1 nitrogen and oxygen atoms in total. The van der Waals surface area contributed by atoms with E-state index in [1.165, 1.54) is 6.07 Å². The maximum absolute atomic E-state index is 13.9. The lowest BCUT2D eigenvalue weighted by Gasteiger charge is -2.06. The van der Waals surface area contributed by atoms with Crippen LogP contribution in [0, 0.1) is 12.7 Å². The van der Waals surface area contributed by atoms with E-state index in [4.69, 9.17) is 11.6 Å². The minimum atomic E-state index is -0.698. The van der Waals surface area contributed by atoms with Crippen molar-refractivity contribution >= 4 is 33.3 Å². The van der Waals surface area contributed by atoms with E-state index in [1.807, 2.05) is 19.1 Å². The van der Waals surface area contributed by atoms with Crippen LogP contribution < -0.4 is 0 Å². The number of carbonyl (C=O) groups is 1. The third-order valence-electron chi connectivity index (χ3n) is 2.59. The lowest BCUT2D eigenvalue weighted by atomic mass is 10.0.